The van der Waals surface area contributed by atoms with E-state index in [-0.39, 0.29) is 5.91 Å². The number of amides is 1. The number of hydrogen-bond donors (Lipinski definition) is 2. The summed E-state index contributed by atoms with van der Waals surface area (Å²) in [6.45, 7) is 11.9. The molecule has 0 aliphatic heterocycles. The third-order valence-electron chi connectivity index (χ3n) is 5.97. The molecule has 2 aromatic carbocycles. The molecule has 2 rings (SSSR count). The van der Waals surface area contributed by atoms with E-state index in [4.69, 9.17) is 5.73 Å². The highest BCUT2D eigenvalue weighted by Gasteiger charge is 2.36. The highest BCUT2D eigenvalue weighted by atomic mass is 16.2. The monoisotopic (exact) mass is 394 g/mol. The van der Waals surface area contributed by atoms with Gasteiger partial charge in [0.25, 0.3) is 0 Å². The molecule has 0 heterocycles. The standard InChI is InChI=1S/C26H38N2O/c1-6-26(25(29)28-16-15-27,17-21-7-11-23(12-8-21)19(2)3)18-22-9-13-24(14-10-22)20(4)5/h7-14,19-20H,6,15-18,27H2,1-5H3,(H,28,29). The molecule has 1 amide bonds. The zero-order valence-corrected chi connectivity index (χ0v) is 18.8. The average Bonchev–Trinajstić information content (AvgIpc) is 2.72. The van der Waals surface area contributed by atoms with Crippen molar-refractivity contribution in [3.63, 3.8) is 0 Å². The Bertz CT molecular complexity index is 707. The van der Waals surface area contributed by atoms with Gasteiger partial charge in [0.1, 0.15) is 0 Å². The van der Waals surface area contributed by atoms with Gasteiger partial charge in [0.15, 0.2) is 0 Å². The molecule has 0 aliphatic carbocycles. The Morgan fingerprint density at radius 1 is 0.862 bits per heavy atom. The number of nitrogens with two attached hydrogens (primary N) is 1. The van der Waals surface area contributed by atoms with E-state index in [0.29, 0.717) is 24.9 Å². The van der Waals surface area contributed by atoms with Crippen LogP contribution in [-0.2, 0) is 17.6 Å². The largest absolute Gasteiger partial charge is 0.354 e. The second-order valence-corrected chi connectivity index (χ2v) is 8.82. The average molecular weight is 395 g/mol. The van der Waals surface area contributed by atoms with Crippen molar-refractivity contribution in [1.29, 1.82) is 0 Å². The zero-order valence-electron chi connectivity index (χ0n) is 18.8. The fourth-order valence-corrected chi connectivity index (χ4v) is 3.83. The van der Waals surface area contributed by atoms with Crippen LogP contribution in [0, 0.1) is 5.41 Å². The number of nitrogens with one attached hydrogen (secondary N) is 1. The molecule has 3 heteroatoms. The first kappa shape index (κ1) is 23.2. The van der Waals surface area contributed by atoms with E-state index in [2.05, 4.69) is 88.5 Å². The number of carbonyl (C=O) groups excluding carboxylic acids is 1. The van der Waals surface area contributed by atoms with Gasteiger partial charge in [-0.3, -0.25) is 4.79 Å². The fourth-order valence-electron chi connectivity index (χ4n) is 3.83. The van der Waals surface area contributed by atoms with E-state index in [9.17, 15) is 4.79 Å². The molecule has 0 saturated heterocycles. The molecule has 0 radical (unpaired) electrons. The maximum atomic E-state index is 13.2. The van der Waals surface area contributed by atoms with Crippen LogP contribution in [0.1, 0.15) is 75.1 Å². The third-order valence-corrected chi connectivity index (χ3v) is 5.97. The molecule has 29 heavy (non-hydrogen) atoms. The summed E-state index contributed by atoms with van der Waals surface area (Å²) in [5.74, 6) is 1.12. The van der Waals surface area contributed by atoms with Crippen LogP contribution in [-0.4, -0.2) is 19.0 Å². The summed E-state index contributed by atoms with van der Waals surface area (Å²) in [4.78, 5) is 13.2. The van der Waals surface area contributed by atoms with Crippen molar-refractivity contribution >= 4 is 5.91 Å². The van der Waals surface area contributed by atoms with Crippen LogP contribution in [0.15, 0.2) is 48.5 Å². The van der Waals surface area contributed by atoms with Crippen LogP contribution in [0.4, 0.5) is 0 Å². The van der Waals surface area contributed by atoms with Crippen molar-refractivity contribution in [2.75, 3.05) is 13.1 Å². The van der Waals surface area contributed by atoms with E-state index in [1.54, 1.807) is 0 Å². The predicted octanol–water partition coefficient (Wildman–Crippen LogP) is 5.19. The summed E-state index contributed by atoms with van der Waals surface area (Å²) < 4.78 is 0. The van der Waals surface area contributed by atoms with E-state index in [0.717, 1.165) is 19.3 Å². The minimum absolute atomic E-state index is 0.103. The Labute approximate surface area is 177 Å². The summed E-state index contributed by atoms with van der Waals surface area (Å²) in [6, 6.07) is 17.5. The summed E-state index contributed by atoms with van der Waals surface area (Å²) in [7, 11) is 0. The highest BCUT2D eigenvalue weighted by molar-refractivity contribution is 5.83. The smallest absolute Gasteiger partial charge is 0.226 e. The van der Waals surface area contributed by atoms with Gasteiger partial charge in [-0.15, -0.1) is 0 Å². The molecule has 158 valence electrons. The molecule has 0 spiro atoms. The van der Waals surface area contributed by atoms with Gasteiger partial charge in [-0.1, -0.05) is 83.1 Å². The lowest BCUT2D eigenvalue weighted by Crippen LogP contribution is -2.45. The van der Waals surface area contributed by atoms with Gasteiger partial charge in [0.2, 0.25) is 5.91 Å². The second-order valence-electron chi connectivity index (χ2n) is 8.82. The van der Waals surface area contributed by atoms with E-state index >= 15 is 0 Å². The van der Waals surface area contributed by atoms with Crippen molar-refractivity contribution in [2.45, 2.75) is 65.7 Å². The number of hydrogen-bond acceptors (Lipinski definition) is 2. The summed E-state index contributed by atoms with van der Waals surface area (Å²) in [6.07, 6.45) is 2.23. The molecule has 0 atom stereocenters. The number of carbonyl (C=O) groups is 1. The SMILES string of the molecule is CCC(Cc1ccc(C(C)C)cc1)(Cc1ccc(C(C)C)cc1)C(=O)NCCN. The van der Waals surface area contributed by atoms with Gasteiger partial charge in [0, 0.05) is 13.1 Å². The number of rotatable bonds is 10. The lowest BCUT2D eigenvalue weighted by molar-refractivity contribution is -0.131. The van der Waals surface area contributed by atoms with Crippen molar-refractivity contribution in [3.8, 4) is 0 Å². The highest BCUT2D eigenvalue weighted by Crippen LogP contribution is 2.33. The van der Waals surface area contributed by atoms with Crippen LogP contribution >= 0.6 is 0 Å². The van der Waals surface area contributed by atoms with Gasteiger partial charge >= 0.3 is 0 Å². The zero-order chi connectivity index (χ0) is 21.4. The third kappa shape index (κ3) is 6.17. The van der Waals surface area contributed by atoms with Gasteiger partial charge < -0.3 is 11.1 Å². The van der Waals surface area contributed by atoms with Crippen molar-refractivity contribution in [1.82, 2.24) is 5.32 Å². The lowest BCUT2D eigenvalue weighted by atomic mass is 9.73. The second kappa shape index (κ2) is 10.6. The molecular weight excluding hydrogens is 356 g/mol. The Morgan fingerprint density at radius 3 is 1.59 bits per heavy atom. The molecular formula is C26H38N2O. The first-order valence-corrected chi connectivity index (χ1v) is 11.0. The van der Waals surface area contributed by atoms with Gasteiger partial charge in [-0.05, 0) is 53.4 Å². The molecule has 2 aromatic rings. The van der Waals surface area contributed by atoms with Crippen LogP contribution in [0.3, 0.4) is 0 Å². The molecule has 0 aliphatic rings. The minimum atomic E-state index is -0.478. The Kier molecular flexibility index (Phi) is 8.45. The molecule has 0 aromatic heterocycles. The van der Waals surface area contributed by atoms with Crippen molar-refractivity contribution in [2.24, 2.45) is 11.1 Å². The fraction of sp³-hybridized carbons (Fsp3) is 0.500. The van der Waals surface area contributed by atoms with Crippen molar-refractivity contribution < 1.29 is 4.79 Å². The Balaban J connectivity index is 2.32. The molecule has 0 bridgehead atoms. The maximum Gasteiger partial charge on any atom is 0.226 e. The quantitative estimate of drug-likeness (QED) is 0.583. The van der Waals surface area contributed by atoms with Gasteiger partial charge in [0.05, 0.1) is 5.41 Å². The first-order valence-electron chi connectivity index (χ1n) is 11.0. The van der Waals surface area contributed by atoms with Crippen LogP contribution in [0.2, 0.25) is 0 Å². The van der Waals surface area contributed by atoms with Gasteiger partial charge in [-0.25, -0.2) is 0 Å². The van der Waals surface area contributed by atoms with E-state index < -0.39 is 5.41 Å². The normalized spacial score (nSPS) is 11.9. The van der Waals surface area contributed by atoms with Crippen LogP contribution in [0.5, 0.6) is 0 Å². The molecule has 3 nitrogen and oxygen atoms in total. The molecule has 0 fully saturated rings. The summed E-state index contributed by atoms with van der Waals surface area (Å²) in [5.41, 5.74) is 10.2. The Hall–Kier alpha value is -2.13. The van der Waals surface area contributed by atoms with E-state index in [1.807, 2.05) is 0 Å². The Morgan fingerprint density at radius 2 is 1.28 bits per heavy atom. The summed E-state index contributed by atoms with van der Waals surface area (Å²) in [5, 5.41) is 3.06. The molecule has 0 saturated carbocycles. The van der Waals surface area contributed by atoms with Crippen LogP contribution < -0.4 is 11.1 Å². The molecule has 3 N–H and O–H groups in total. The first-order chi connectivity index (χ1) is 13.8. The summed E-state index contributed by atoms with van der Waals surface area (Å²) >= 11 is 0. The molecule has 0 unspecified atom stereocenters. The number of benzene rings is 2. The van der Waals surface area contributed by atoms with E-state index in [1.165, 1.54) is 22.3 Å². The lowest BCUT2D eigenvalue weighted by Gasteiger charge is -2.32. The van der Waals surface area contributed by atoms with Gasteiger partial charge in [-0.2, -0.15) is 0 Å². The minimum Gasteiger partial charge on any atom is -0.354 e. The predicted molar refractivity (Wildman–Crippen MR) is 123 cm³/mol. The van der Waals surface area contributed by atoms with Crippen LogP contribution in [0.25, 0.3) is 0 Å². The van der Waals surface area contributed by atoms with Crippen molar-refractivity contribution in [3.05, 3.63) is 70.8 Å². The topological polar surface area (TPSA) is 55.1 Å². The maximum absolute atomic E-state index is 13.2.